The van der Waals surface area contributed by atoms with Gasteiger partial charge in [-0.2, -0.15) is 0 Å². The molecule has 1 aromatic carbocycles. The van der Waals surface area contributed by atoms with E-state index in [1.54, 1.807) is 0 Å². The van der Waals surface area contributed by atoms with Gasteiger partial charge in [-0.05, 0) is 56.9 Å². The fourth-order valence-corrected chi connectivity index (χ4v) is 2.50. The highest BCUT2D eigenvalue weighted by atomic mass is 16.4. The number of anilines is 2. The fourth-order valence-electron chi connectivity index (χ4n) is 2.50. The van der Waals surface area contributed by atoms with Gasteiger partial charge in [0.2, 0.25) is 5.95 Å². The van der Waals surface area contributed by atoms with Crippen LogP contribution in [0.2, 0.25) is 0 Å². The van der Waals surface area contributed by atoms with Crippen molar-refractivity contribution in [3.63, 3.8) is 0 Å². The van der Waals surface area contributed by atoms with Gasteiger partial charge in [-0.1, -0.05) is 18.6 Å². The maximum absolute atomic E-state index is 10.5. The Labute approximate surface area is 136 Å². The van der Waals surface area contributed by atoms with Gasteiger partial charge in [0.05, 0.1) is 0 Å². The molecule has 0 saturated heterocycles. The standard InChI is InChI=1S/C18H23N3O2/c1-13-11-14(2)20-18(19-13)21-16-9-6-8-15(12-16)7-4-3-5-10-17(22)23/h6,8-9,11-12H,3-5,7,10H2,1-2H3,(H,22,23)(H,19,20,21). The molecule has 0 unspecified atom stereocenters. The maximum atomic E-state index is 10.5. The first-order chi connectivity index (χ1) is 11.0. The molecule has 0 bridgehead atoms. The average molecular weight is 313 g/mol. The Morgan fingerprint density at radius 2 is 1.83 bits per heavy atom. The zero-order valence-electron chi connectivity index (χ0n) is 13.7. The highest BCUT2D eigenvalue weighted by Crippen LogP contribution is 2.17. The Bertz CT molecular complexity index is 651. The van der Waals surface area contributed by atoms with Crippen LogP contribution in [0, 0.1) is 13.8 Å². The minimum absolute atomic E-state index is 0.256. The number of aromatic nitrogens is 2. The number of hydrogen-bond acceptors (Lipinski definition) is 4. The van der Waals surface area contributed by atoms with Gasteiger partial charge in [-0.15, -0.1) is 0 Å². The molecule has 0 radical (unpaired) electrons. The molecule has 0 spiro atoms. The Kier molecular flexibility index (Phi) is 6.09. The summed E-state index contributed by atoms with van der Waals surface area (Å²) in [4.78, 5) is 19.2. The summed E-state index contributed by atoms with van der Waals surface area (Å²) in [6.45, 7) is 3.90. The number of nitrogens with zero attached hydrogens (tertiary/aromatic N) is 2. The molecular formula is C18H23N3O2. The summed E-state index contributed by atoms with van der Waals surface area (Å²) in [5.41, 5.74) is 4.08. The second-order valence-electron chi connectivity index (χ2n) is 5.75. The number of carboxylic acid groups (broad SMARTS) is 1. The first kappa shape index (κ1) is 16.9. The largest absolute Gasteiger partial charge is 0.481 e. The smallest absolute Gasteiger partial charge is 0.303 e. The Hall–Kier alpha value is -2.43. The molecule has 0 aliphatic carbocycles. The number of aryl methyl sites for hydroxylation is 3. The molecule has 0 amide bonds. The van der Waals surface area contributed by atoms with Crippen molar-refractivity contribution in [2.45, 2.75) is 46.0 Å². The van der Waals surface area contributed by atoms with Crippen molar-refractivity contribution in [1.29, 1.82) is 0 Å². The van der Waals surface area contributed by atoms with Gasteiger partial charge < -0.3 is 10.4 Å². The topological polar surface area (TPSA) is 75.1 Å². The van der Waals surface area contributed by atoms with Crippen LogP contribution < -0.4 is 5.32 Å². The zero-order chi connectivity index (χ0) is 16.7. The molecule has 122 valence electrons. The Morgan fingerprint density at radius 1 is 1.09 bits per heavy atom. The van der Waals surface area contributed by atoms with Gasteiger partial charge in [0.25, 0.3) is 0 Å². The van der Waals surface area contributed by atoms with Crippen LogP contribution in [0.5, 0.6) is 0 Å². The molecule has 2 N–H and O–H groups in total. The molecule has 0 atom stereocenters. The number of benzene rings is 1. The summed E-state index contributed by atoms with van der Waals surface area (Å²) >= 11 is 0. The summed E-state index contributed by atoms with van der Waals surface area (Å²) in [6.07, 6.45) is 3.87. The highest BCUT2D eigenvalue weighted by molar-refractivity contribution is 5.66. The lowest BCUT2D eigenvalue weighted by molar-refractivity contribution is -0.137. The van der Waals surface area contributed by atoms with Crippen LogP contribution in [-0.4, -0.2) is 21.0 Å². The minimum atomic E-state index is -0.718. The average Bonchev–Trinajstić information content (AvgIpc) is 2.46. The van der Waals surface area contributed by atoms with E-state index in [0.29, 0.717) is 5.95 Å². The normalized spacial score (nSPS) is 10.5. The SMILES string of the molecule is Cc1cc(C)nc(Nc2cccc(CCCCCC(=O)O)c2)n1. The Morgan fingerprint density at radius 3 is 2.52 bits per heavy atom. The lowest BCUT2D eigenvalue weighted by Gasteiger charge is -2.08. The molecule has 0 aliphatic rings. The highest BCUT2D eigenvalue weighted by Gasteiger charge is 2.02. The van der Waals surface area contributed by atoms with Crippen molar-refractivity contribution in [2.24, 2.45) is 0 Å². The first-order valence-corrected chi connectivity index (χ1v) is 7.93. The van der Waals surface area contributed by atoms with E-state index in [1.165, 1.54) is 5.56 Å². The number of rotatable bonds is 8. The summed E-state index contributed by atoms with van der Waals surface area (Å²) in [5.74, 6) is -0.106. The van der Waals surface area contributed by atoms with Crippen molar-refractivity contribution in [1.82, 2.24) is 9.97 Å². The van der Waals surface area contributed by atoms with Crippen LogP contribution >= 0.6 is 0 Å². The van der Waals surface area contributed by atoms with E-state index in [4.69, 9.17) is 5.11 Å². The van der Waals surface area contributed by atoms with E-state index >= 15 is 0 Å². The number of hydrogen-bond donors (Lipinski definition) is 2. The van der Waals surface area contributed by atoms with Gasteiger partial charge in [-0.3, -0.25) is 4.79 Å². The lowest BCUT2D eigenvalue weighted by Crippen LogP contribution is -2.00. The number of nitrogens with one attached hydrogen (secondary N) is 1. The van der Waals surface area contributed by atoms with Crippen LogP contribution in [0.15, 0.2) is 30.3 Å². The van der Waals surface area contributed by atoms with Crippen LogP contribution in [-0.2, 0) is 11.2 Å². The van der Waals surface area contributed by atoms with Crippen molar-refractivity contribution >= 4 is 17.6 Å². The van der Waals surface area contributed by atoms with E-state index in [2.05, 4.69) is 27.4 Å². The number of carbonyl (C=O) groups is 1. The second-order valence-corrected chi connectivity index (χ2v) is 5.75. The van der Waals surface area contributed by atoms with E-state index in [1.807, 2.05) is 32.0 Å². The number of aliphatic carboxylic acids is 1. The fraction of sp³-hybridized carbons (Fsp3) is 0.389. The third-order valence-electron chi connectivity index (χ3n) is 3.52. The summed E-state index contributed by atoms with van der Waals surface area (Å²) < 4.78 is 0. The number of unbranched alkanes of at least 4 members (excludes halogenated alkanes) is 2. The Balaban J connectivity index is 1.90. The molecule has 1 heterocycles. The second kappa shape index (κ2) is 8.27. The molecule has 2 rings (SSSR count). The predicted octanol–water partition coefficient (Wildman–Crippen LogP) is 4.02. The van der Waals surface area contributed by atoms with Crippen LogP contribution in [0.4, 0.5) is 11.6 Å². The molecule has 0 aliphatic heterocycles. The summed E-state index contributed by atoms with van der Waals surface area (Å²) in [7, 11) is 0. The monoisotopic (exact) mass is 313 g/mol. The van der Waals surface area contributed by atoms with Crippen molar-refractivity contribution < 1.29 is 9.90 Å². The maximum Gasteiger partial charge on any atom is 0.303 e. The molecule has 1 aromatic heterocycles. The van der Waals surface area contributed by atoms with E-state index in [-0.39, 0.29) is 6.42 Å². The van der Waals surface area contributed by atoms with Crippen molar-refractivity contribution in [2.75, 3.05) is 5.32 Å². The molecule has 0 fully saturated rings. The molecule has 5 heteroatoms. The minimum Gasteiger partial charge on any atom is -0.481 e. The zero-order valence-corrected chi connectivity index (χ0v) is 13.7. The van der Waals surface area contributed by atoms with Crippen LogP contribution in [0.3, 0.4) is 0 Å². The number of carboxylic acids is 1. The van der Waals surface area contributed by atoms with Gasteiger partial charge in [0.15, 0.2) is 0 Å². The van der Waals surface area contributed by atoms with Gasteiger partial charge in [-0.25, -0.2) is 9.97 Å². The molecule has 2 aromatic rings. The van der Waals surface area contributed by atoms with E-state index in [0.717, 1.165) is 42.8 Å². The summed E-state index contributed by atoms with van der Waals surface area (Å²) in [5, 5.41) is 11.9. The van der Waals surface area contributed by atoms with E-state index in [9.17, 15) is 4.79 Å². The molecule has 5 nitrogen and oxygen atoms in total. The molecular weight excluding hydrogens is 290 g/mol. The molecule has 0 saturated carbocycles. The van der Waals surface area contributed by atoms with Gasteiger partial charge >= 0.3 is 5.97 Å². The quantitative estimate of drug-likeness (QED) is 0.720. The van der Waals surface area contributed by atoms with Gasteiger partial charge in [0.1, 0.15) is 0 Å². The third kappa shape index (κ3) is 6.06. The first-order valence-electron chi connectivity index (χ1n) is 7.93. The third-order valence-corrected chi connectivity index (χ3v) is 3.52. The summed E-state index contributed by atoms with van der Waals surface area (Å²) in [6, 6.07) is 10.1. The van der Waals surface area contributed by atoms with Crippen molar-refractivity contribution in [3.8, 4) is 0 Å². The predicted molar refractivity (Wildman–Crippen MR) is 91.0 cm³/mol. The van der Waals surface area contributed by atoms with Crippen LogP contribution in [0.25, 0.3) is 0 Å². The lowest BCUT2D eigenvalue weighted by atomic mass is 10.1. The van der Waals surface area contributed by atoms with Crippen LogP contribution in [0.1, 0.15) is 42.6 Å². The van der Waals surface area contributed by atoms with E-state index < -0.39 is 5.97 Å². The molecule has 23 heavy (non-hydrogen) atoms. The van der Waals surface area contributed by atoms with Crippen molar-refractivity contribution in [3.05, 3.63) is 47.3 Å². The van der Waals surface area contributed by atoms with Gasteiger partial charge in [0, 0.05) is 23.5 Å².